The highest BCUT2D eigenvalue weighted by Crippen LogP contribution is 2.43. The molecule has 0 spiro atoms. The summed E-state index contributed by atoms with van der Waals surface area (Å²) >= 11 is 0. The molecule has 0 N–H and O–H groups in total. The molecule has 0 fully saturated rings. The van der Waals surface area contributed by atoms with Gasteiger partial charge in [-0.1, -0.05) is 40.7 Å². The summed E-state index contributed by atoms with van der Waals surface area (Å²) in [4.78, 5) is 10.3. The Hall–Kier alpha value is -1.43. The zero-order chi connectivity index (χ0) is 15.9. The molecule has 0 aromatic heterocycles. The number of benzene rings is 1. The summed E-state index contributed by atoms with van der Waals surface area (Å²) in [6, 6.07) is 4.06. The van der Waals surface area contributed by atoms with Crippen molar-refractivity contribution in [1.82, 2.24) is 0 Å². The molecule has 20 heavy (non-hydrogen) atoms. The summed E-state index contributed by atoms with van der Waals surface area (Å²) in [5, 5.41) is 10.8. The molecule has 0 bridgehead atoms. The first-order chi connectivity index (χ1) is 8.78. The van der Waals surface area contributed by atoms with Gasteiger partial charge in [0.25, 0.3) is 5.69 Å². The molecule has 0 aliphatic rings. The summed E-state index contributed by atoms with van der Waals surface area (Å²) in [7, 11) is -3.54. The van der Waals surface area contributed by atoms with Crippen LogP contribution in [0.4, 0.5) is 5.69 Å². The van der Waals surface area contributed by atoms with E-state index in [0.29, 0.717) is 5.56 Å². The summed E-state index contributed by atoms with van der Waals surface area (Å²) in [5.41, 5.74) is -0.236. The molecule has 6 heteroatoms. The van der Waals surface area contributed by atoms with Gasteiger partial charge in [-0.15, -0.1) is 0 Å². The van der Waals surface area contributed by atoms with Gasteiger partial charge in [0.05, 0.1) is 9.82 Å². The maximum Gasteiger partial charge on any atom is 0.270 e. The van der Waals surface area contributed by atoms with Crippen molar-refractivity contribution in [3.05, 3.63) is 33.9 Å². The third-order valence-corrected chi connectivity index (χ3v) is 5.26. The molecule has 112 valence electrons. The van der Waals surface area contributed by atoms with Gasteiger partial charge in [-0.2, -0.15) is 0 Å². The van der Waals surface area contributed by atoms with E-state index in [2.05, 4.69) is 0 Å². The lowest BCUT2D eigenvalue weighted by molar-refractivity contribution is -0.385. The van der Waals surface area contributed by atoms with Crippen molar-refractivity contribution in [3.63, 3.8) is 0 Å². The van der Waals surface area contributed by atoms with Gasteiger partial charge in [-0.05, 0) is 16.4 Å². The first kappa shape index (κ1) is 16.6. The third-order valence-electron chi connectivity index (χ3n) is 4.12. The molecule has 0 radical (unpaired) electrons. The Labute approximate surface area is 120 Å². The summed E-state index contributed by atoms with van der Waals surface area (Å²) in [6.07, 6.45) is 1.08. The van der Waals surface area contributed by atoms with E-state index in [1.165, 1.54) is 6.07 Å². The molecule has 1 aromatic carbocycles. The van der Waals surface area contributed by atoms with Gasteiger partial charge >= 0.3 is 0 Å². The quantitative estimate of drug-likeness (QED) is 0.633. The number of hydrogen-bond donors (Lipinski definition) is 0. The predicted octanol–water partition coefficient (Wildman–Crippen LogP) is 3.32. The number of sulfone groups is 1. The highest BCUT2D eigenvalue weighted by atomic mass is 32.2. The molecule has 0 heterocycles. The van der Waals surface area contributed by atoms with E-state index < -0.39 is 20.2 Å². The Morgan fingerprint density at radius 2 is 1.60 bits per heavy atom. The largest absolute Gasteiger partial charge is 0.270 e. The van der Waals surface area contributed by atoms with Gasteiger partial charge in [-0.25, -0.2) is 8.42 Å². The Kier molecular flexibility index (Phi) is 4.02. The molecule has 0 amide bonds. The fraction of sp³-hybridized carbons (Fsp3) is 0.571. The first-order valence-corrected chi connectivity index (χ1v) is 8.16. The lowest BCUT2D eigenvalue weighted by Gasteiger charge is -2.40. The zero-order valence-electron chi connectivity index (χ0n) is 12.7. The average molecular weight is 299 g/mol. The van der Waals surface area contributed by atoms with E-state index in [9.17, 15) is 18.5 Å². The molecular weight excluding hydrogens is 278 g/mol. The molecule has 0 saturated carbocycles. The van der Waals surface area contributed by atoms with Crippen LogP contribution < -0.4 is 0 Å². The van der Waals surface area contributed by atoms with Gasteiger partial charge in [0, 0.05) is 18.4 Å². The van der Waals surface area contributed by atoms with Gasteiger partial charge in [-0.3, -0.25) is 10.1 Å². The van der Waals surface area contributed by atoms with Crippen LogP contribution in [0.25, 0.3) is 0 Å². The second-order valence-corrected chi connectivity index (χ2v) is 8.57. The number of rotatable bonds is 3. The van der Waals surface area contributed by atoms with Gasteiger partial charge in [0.15, 0.2) is 9.84 Å². The van der Waals surface area contributed by atoms with E-state index in [-0.39, 0.29) is 16.0 Å². The minimum Gasteiger partial charge on any atom is -0.258 e. The lowest BCUT2D eigenvalue weighted by atomic mass is 9.65. The number of non-ortho nitro benzene ring substituents is 1. The number of nitro groups is 1. The Balaban J connectivity index is 3.69. The van der Waals surface area contributed by atoms with Crippen molar-refractivity contribution in [1.29, 1.82) is 0 Å². The van der Waals surface area contributed by atoms with Crippen LogP contribution in [0, 0.1) is 15.5 Å². The summed E-state index contributed by atoms with van der Waals surface area (Å²) in [6.45, 7) is 9.94. The second-order valence-electron chi connectivity index (χ2n) is 6.58. The van der Waals surface area contributed by atoms with Gasteiger partial charge in [0.2, 0.25) is 0 Å². The first-order valence-electron chi connectivity index (χ1n) is 6.27. The van der Waals surface area contributed by atoms with Crippen LogP contribution in [-0.4, -0.2) is 19.6 Å². The SMILES string of the molecule is CC(C)(C)C(C)(C)c1ccc([N+](=O)[O-])cc1S(C)(=O)=O. The summed E-state index contributed by atoms with van der Waals surface area (Å²) in [5.74, 6) is 0. The lowest BCUT2D eigenvalue weighted by Crippen LogP contribution is -2.35. The van der Waals surface area contributed by atoms with Crippen molar-refractivity contribution in [2.75, 3.05) is 6.26 Å². The standard InChI is InChI=1S/C14H21NO4S/c1-13(2,3)14(4,5)11-8-7-10(15(16)17)9-12(11)20(6,18)19/h7-9H,1-6H3. The van der Waals surface area contributed by atoms with Crippen LogP contribution in [0.3, 0.4) is 0 Å². The van der Waals surface area contributed by atoms with E-state index in [4.69, 9.17) is 0 Å². The van der Waals surface area contributed by atoms with Crippen molar-refractivity contribution >= 4 is 15.5 Å². The number of nitrogens with zero attached hydrogens (tertiary/aromatic N) is 1. The van der Waals surface area contributed by atoms with Crippen molar-refractivity contribution in [2.24, 2.45) is 5.41 Å². The maximum atomic E-state index is 12.0. The van der Waals surface area contributed by atoms with E-state index >= 15 is 0 Å². The Morgan fingerprint density at radius 3 is 1.95 bits per heavy atom. The van der Waals surface area contributed by atoms with Crippen LogP contribution in [0.2, 0.25) is 0 Å². The van der Waals surface area contributed by atoms with E-state index in [1.54, 1.807) is 6.07 Å². The normalized spacial score (nSPS) is 13.3. The molecular formula is C14H21NO4S. The van der Waals surface area contributed by atoms with Crippen LogP contribution >= 0.6 is 0 Å². The highest BCUT2D eigenvalue weighted by Gasteiger charge is 2.38. The maximum absolute atomic E-state index is 12.0. The van der Waals surface area contributed by atoms with Crippen LogP contribution in [0.5, 0.6) is 0 Å². The van der Waals surface area contributed by atoms with Crippen molar-refractivity contribution in [2.45, 2.75) is 44.9 Å². The Bertz CT molecular complexity index is 640. The predicted molar refractivity (Wildman–Crippen MR) is 78.7 cm³/mol. The van der Waals surface area contributed by atoms with Crippen LogP contribution in [0.1, 0.15) is 40.2 Å². The van der Waals surface area contributed by atoms with Gasteiger partial charge in [0.1, 0.15) is 0 Å². The minimum absolute atomic E-state index is 0.0339. The molecule has 0 atom stereocenters. The van der Waals surface area contributed by atoms with E-state index in [0.717, 1.165) is 12.3 Å². The molecule has 1 aromatic rings. The van der Waals surface area contributed by atoms with Crippen molar-refractivity contribution in [3.8, 4) is 0 Å². The average Bonchev–Trinajstić information content (AvgIpc) is 2.25. The fourth-order valence-corrected chi connectivity index (χ4v) is 2.91. The minimum atomic E-state index is -3.54. The number of nitro benzene ring substituents is 1. The third kappa shape index (κ3) is 3.00. The van der Waals surface area contributed by atoms with Crippen LogP contribution in [0.15, 0.2) is 23.1 Å². The monoisotopic (exact) mass is 299 g/mol. The number of hydrogen-bond acceptors (Lipinski definition) is 4. The molecule has 0 saturated heterocycles. The molecule has 0 unspecified atom stereocenters. The Morgan fingerprint density at radius 1 is 1.10 bits per heavy atom. The van der Waals surface area contributed by atoms with E-state index in [1.807, 2.05) is 34.6 Å². The molecule has 1 rings (SSSR count). The van der Waals surface area contributed by atoms with Gasteiger partial charge < -0.3 is 0 Å². The second kappa shape index (κ2) is 4.84. The highest BCUT2D eigenvalue weighted by molar-refractivity contribution is 7.90. The fourth-order valence-electron chi connectivity index (χ4n) is 1.85. The summed E-state index contributed by atoms with van der Waals surface area (Å²) < 4.78 is 24.0. The molecule has 5 nitrogen and oxygen atoms in total. The molecule has 0 aliphatic carbocycles. The topological polar surface area (TPSA) is 77.3 Å². The molecule has 0 aliphatic heterocycles. The zero-order valence-corrected chi connectivity index (χ0v) is 13.5. The van der Waals surface area contributed by atoms with Crippen molar-refractivity contribution < 1.29 is 13.3 Å². The smallest absolute Gasteiger partial charge is 0.258 e. The van der Waals surface area contributed by atoms with Crippen LogP contribution in [-0.2, 0) is 15.3 Å².